The van der Waals surface area contributed by atoms with Gasteiger partial charge in [-0.2, -0.15) is 0 Å². The summed E-state index contributed by atoms with van der Waals surface area (Å²) in [5.74, 6) is -0.477. The zero-order valence-electron chi connectivity index (χ0n) is 9.19. The van der Waals surface area contributed by atoms with Crippen molar-refractivity contribution in [1.82, 2.24) is 15.0 Å². The zero-order chi connectivity index (χ0) is 12.4. The molecule has 17 heavy (non-hydrogen) atoms. The molecule has 1 N–H and O–H groups in total. The van der Waals surface area contributed by atoms with Gasteiger partial charge in [0.15, 0.2) is 0 Å². The van der Waals surface area contributed by atoms with E-state index < -0.39 is 5.82 Å². The van der Waals surface area contributed by atoms with E-state index >= 15 is 0 Å². The lowest BCUT2D eigenvalue weighted by atomic mass is 10.1. The van der Waals surface area contributed by atoms with Crippen LogP contribution >= 0.6 is 11.6 Å². The molecule has 6 heteroatoms. The first-order valence-electron chi connectivity index (χ1n) is 5.16. The highest BCUT2D eigenvalue weighted by molar-refractivity contribution is 6.30. The van der Waals surface area contributed by atoms with Gasteiger partial charge in [0.2, 0.25) is 0 Å². The van der Waals surface area contributed by atoms with Gasteiger partial charge in [0, 0.05) is 17.1 Å². The summed E-state index contributed by atoms with van der Waals surface area (Å²) in [4.78, 5) is 0. The molecule has 0 radical (unpaired) electrons. The summed E-state index contributed by atoms with van der Waals surface area (Å²) in [7, 11) is 0. The van der Waals surface area contributed by atoms with Gasteiger partial charge in [-0.25, -0.2) is 9.07 Å². The fourth-order valence-corrected chi connectivity index (χ4v) is 1.79. The number of aliphatic hydroxyl groups excluding tert-OH is 1. The minimum Gasteiger partial charge on any atom is -0.390 e. The minimum absolute atomic E-state index is 0.238. The Hall–Kier alpha value is -1.46. The molecule has 0 aliphatic heterocycles. The third kappa shape index (κ3) is 2.16. The lowest BCUT2D eigenvalue weighted by Crippen LogP contribution is -2.03. The van der Waals surface area contributed by atoms with Crippen LogP contribution in [0, 0.1) is 5.82 Å². The number of halogens is 2. The second-order valence-corrected chi connectivity index (χ2v) is 3.92. The van der Waals surface area contributed by atoms with Gasteiger partial charge in [0.1, 0.15) is 11.5 Å². The van der Waals surface area contributed by atoms with Gasteiger partial charge < -0.3 is 5.11 Å². The second kappa shape index (κ2) is 4.81. The van der Waals surface area contributed by atoms with E-state index in [9.17, 15) is 9.50 Å². The Kier molecular flexibility index (Phi) is 3.40. The fraction of sp³-hybridized carbons (Fsp3) is 0.273. The van der Waals surface area contributed by atoms with Crippen LogP contribution < -0.4 is 0 Å². The normalized spacial score (nSPS) is 10.8. The predicted molar refractivity (Wildman–Crippen MR) is 62.0 cm³/mol. The number of aromatic nitrogens is 3. The average Bonchev–Trinajstić information content (AvgIpc) is 2.71. The van der Waals surface area contributed by atoms with Crippen LogP contribution in [0.4, 0.5) is 4.39 Å². The topological polar surface area (TPSA) is 50.9 Å². The van der Waals surface area contributed by atoms with Gasteiger partial charge in [-0.15, -0.1) is 5.10 Å². The summed E-state index contributed by atoms with van der Waals surface area (Å²) < 4.78 is 15.3. The van der Waals surface area contributed by atoms with Crippen molar-refractivity contribution in [2.45, 2.75) is 20.1 Å². The van der Waals surface area contributed by atoms with Gasteiger partial charge in [-0.05, 0) is 25.1 Å². The molecule has 2 rings (SSSR count). The molecule has 1 heterocycles. The van der Waals surface area contributed by atoms with Gasteiger partial charge in [0.05, 0.1) is 12.3 Å². The first-order chi connectivity index (χ1) is 8.17. The summed E-state index contributed by atoms with van der Waals surface area (Å²) >= 11 is 5.68. The summed E-state index contributed by atoms with van der Waals surface area (Å²) in [6.45, 7) is 2.20. The molecule has 4 nitrogen and oxygen atoms in total. The highest BCUT2D eigenvalue weighted by atomic mass is 35.5. The fourth-order valence-electron chi connectivity index (χ4n) is 1.63. The molecular weight excluding hydrogens is 245 g/mol. The molecule has 1 aromatic carbocycles. The van der Waals surface area contributed by atoms with Crippen LogP contribution in [0.2, 0.25) is 5.02 Å². The van der Waals surface area contributed by atoms with Crippen LogP contribution in [0.5, 0.6) is 0 Å². The van der Waals surface area contributed by atoms with E-state index in [-0.39, 0.29) is 12.2 Å². The number of nitrogens with zero attached hydrogens (tertiary/aromatic N) is 3. The van der Waals surface area contributed by atoms with Crippen molar-refractivity contribution >= 4 is 11.6 Å². The van der Waals surface area contributed by atoms with E-state index in [4.69, 9.17) is 11.6 Å². The molecule has 90 valence electrons. The molecule has 0 saturated heterocycles. The van der Waals surface area contributed by atoms with E-state index in [1.54, 1.807) is 6.07 Å². The molecule has 0 saturated carbocycles. The lowest BCUT2D eigenvalue weighted by molar-refractivity contribution is 0.269. The van der Waals surface area contributed by atoms with Crippen molar-refractivity contribution in [2.75, 3.05) is 0 Å². The third-order valence-electron chi connectivity index (χ3n) is 2.47. The third-order valence-corrected chi connectivity index (χ3v) is 2.71. The van der Waals surface area contributed by atoms with Gasteiger partial charge in [-0.3, -0.25) is 0 Å². The summed E-state index contributed by atoms with van der Waals surface area (Å²) in [6.07, 6.45) is 0. The summed E-state index contributed by atoms with van der Waals surface area (Å²) in [5, 5.41) is 17.3. The molecule has 0 aliphatic carbocycles. The number of hydrogen-bond acceptors (Lipinski definition) is 3. The zero-order valence-corrected chi connectivity index (χ0v) is 9.95. The summed E-state index contributed by atoms with van der Waals surface area (Å²) in [6, 6.07) is 4.32. The number of rotatable bonds is 3. The Morgan fingerprint density at radius 3 is 2.82 bits per heavy atom. The van der Waals surface area contributed by atoms with Crippen molar-refractivity contribution < 1.29 is 9.50 Å². The van der Waals surface area contributed by atoms with E-state index in [0.29, 0.717) is 23.0 Å². The lowest BCUT2D eigenvalue weighted by Gasteiger charge is -2.04. The molecule has 0 amide bonds. The van der Waals surface area contributed by atoms with Crippen molar-refractivity contribution in [3.63, 3.8) is 0 Å². The van der Waals surface area contributed by atoms with Crippen LogP contribution in [-0.2, 0) is 13.2 Å². The standard InChI is InChI=1S/C11H11ClFN3O/c1-2-16-10(6-17)11(14-15-16)8-4-3-7(12)5-9(8)13/h3-5,17H,2,6H2,1H3. The number of benzene rings is 1. The van der Waals surface area contributed by atoms with Gasteiger partial charge >= 0.3 is 0 Å². The van der Waals surface area contributed by atoms with Crippen LogP contribution in [0.25, 0.3) is 11.3 Å². The van der Waals surface area contributed by atoms with E-state index in [1.807, 2.05) is 6.92 Å². The predicted octanol–water partition coefficient (Wildman–Crippen LogP) is 2.25. The van der Waals surface area contributed by atoms with Crippen LogP contribution in [0.1, 0.15) is 12.6 Å². The van der Waals surface area contributed by atoms with Crippen LogP contribution in [0.15, 0.2) is 18.2 Å². The molecule has 0 bridgehead atoms. The largest absolute Gasteiger partial charge is 0.390 e. The van der Waals surface area contributed by atoms with Gasteiger partial charge in [-0.1, -0.05) is 16.8 Å². The monoisotopic (exact) mass is 255 g/mol. The number of aryl methyl sites for hydroxylation is 1. The Morgan fingerprint density at radius 2 is 2.24 bits per heavy atom. The molecule has 0 unspecified atom stereocenters. The maximum Gasteiger partial charge on any atom is 0.134 e. The molecule has 2 aromatic rings. The summed E-state index contributed by atoms with van der Waals surface area (Å²) in [5.41, 5.74) is 1.13. The van der Waals surface area contributed by atoms with E-state index in [0.717, 1.165) is 0 Å². The second-order valence-electron chi connectivity index (χ2n) is 3.48. The molecule has 1 aromatic heterocycles. The number of hydrogen-bond donors (Lipinski definition) is 1. The first-order valence-corrected chi connectivity index (χ1v) is 5.53. The van der Waals surface area contributed by atoms with Crippen molar-refractivity contribution in [3.8, 4) is 11.3 Å². The highest BCUT2D eigenvalue weighted by Crippen LogP contribution is 2.26. The highest BCUT2D eigenvalue weighted by Gasteiger charge is 2.16. The molecule has 0 atom stereocenters. The molecule has 0 aliphatic rings. The minimum atomic E-state index is -0.477. The molecule has 0 fully saturated rings. The van der Waals surface area contributed by atoms with E-state index in [2.05, 4.69) is 10.3 Å². The maximum absolute atomic E-state index is 13.7. The SMILES string of the molecule is CCn1nnc(-c2ccc(Cl)cc2F)c1CO. The van der Waals surface area contributed by atoms with Crippen molar-refractivity contribution in [3.05, 3.63) is 34.7 Å². The molecule has 0 spiro atoms. The maximum atomic E-state index is 13.7. The van der Waals surface area contributed by atoms with E-state index in [1.165, 1.54) is 16.8 Å². The van der Waals surface area contributed by atoms with Crippen molar-refractivity contribution in [1.29, 1.82) is 0 Å². The Balaban J connectivity index is 2.56. The van der Waals surface area contributed by atoms with Crippen molar-refractivity contribution in [2.24, 2.45) is 0 Å². The Bertz CT molecular complexity index is 542. The van der Waals surface area contributed by atoms with Crippen LogP contribution in [0.3, 0.4) is 0 Å². The van der Waals surface area contributed by atoms with Gasteiger partial charge in [0.25, 0.3) is 0 Å². The number of aliphatic hydroxyl groups is 1. The van der Waals surface area contributed by atoms with Crippen LogP contribution in [-0.4, -0.2) is 20.1 Å². The molecular formula is C11H11ClFN3O. The Labute approximate surface area is 103 Å². The quantitative estimate of drug-likeness (QED) is 0.915. The smallest absolute Gasteiger partial charge is 0.134 e. The Morgan fingerprint density at radius 1 is 1.47 bits per heavy atom. The first kappa shape index (κ1) is 12.0. The average molecular weight is 256 g/mol.